The smallest absolute Gasteiger partial charge is 0.336 e. The van der Waals surface area contributed by atoms with Crippen LogP contribution in [0, 0.1) is 11.3 Å². The van der Waals surface area contributed by atoms with Crippen molar-refractivity contribution in [1.82, 2.24) is 14.5 Å². The Labute approximate surface area is 186 Å². The van der Waals surface area contributed by atoms with Gasteiger partial charge in [-0.15, -0.1) is 0 Å². The zero-order valence-corrected chi connectivity index (χ0v) is 19.7. The van der Waals surface area contributed by atoms with Crippen LogP contribution < -0.4 is 10.1 Å². The maximum Gasteiger partial charge on any atom is 0.336 e. The van der Waals surface area contributed by atoms with Gasteiger partial charge in [0.15, 0.2) is 0 Å². The van der Waals surface area contributed by atoms with Crippen LogP contribution in [-0.2, 0) is 16.7 Å². The number of nitriles is 1. The predicted molar refractivity (Wildman–Crippen MR) is 119 cm³/mol. The Morgan fingerprint density at radius 1 is 1.39 bits per heavy atom. The number of nitrogens with one attached hydrogen (secondary N) is 1. The summed E-state index contributed by atoms with van der Waals surface area (Å²) in [6.45, 7) is 7.60. The van der Waals surface area contributed by atoms with E-state index in [1.54, 1.807) is 27.9 Å². The van der Waals surface area contributed by atoms with E-state index >= 15 is 0 Å². The lowest BCUT2D eigenvalue weighted by molar-refractivity contribution is 0.0681. The Kier molecular flexibility index (Phi) is 6.99. The molecular weight excluding hydrogens is 416 g/mol. The molecule has 0 aromatic heterocycles. The second kappa shape index (κ2) is 9.04. The molecule has 8 nitrogen and oxygen atoms in total. The average Bonchev–Trinajstić information content (AvgIpc) is 2.69. The molecule has 1 fully saturated rings. The number of nitrogens with zero attached hydrogens (tertiary/aromatic N) is 3. The van der Waals surface area contributed by atoms with E-state index in [-0.39, 0.29) is 12.6 Å². The molecule has 9 heteroatoms. The molecule has 0 spiro atoms. The summed E-state index contributed by atoms with van der Waals surface area (Å²) < 4.78 is 39.8. The minimum atomic E-state index is -4.32. The van der Waals surface area contributed by atoms with Crippen LogP contribution in [0.25, 0.3) is 0 Å². The fourth-order valence-electron chi connectivity index (χ4n) is 4.96. The Bertz CT molecular complexity index is 938. The molecule has 2 N–H and O–H groups in total. The number of rotatable bonds is 7. The monoisotopic (exact) mass is 450 g/mol. The van der Waals surface area contributed by atoms with Crippen molar-refractivity contribution in [2.45, 2.75) is 63.6 Å². The van der Waals surface area contributed by atoms with Gasteiger partial charge in [0.2, 0.25) is 0 Å². The third-order valence-corrected chi connectivity index (χ3v) is 7.83. The number of fused-ring (bicyclic) bond motifs is 3. The highest BCUT2D eigenvalue weighted by atomic mass is 32.2. The molecule has 31 heavy (non-hydrogen) atoms. The van der Waals surface area contributed by atoms with Crippen LogP contribution in [0.1, 0.15) is 57.2 Å². The number of hydrogen-bond donors (Lipinski definition) is 2. The third kappa shape index (κ3) is 5.38. The Morgan fingerprint density at radius 3 is 2.74 bits per heavy atom. The molecule has 3 rings (SSSR count). The molecule has 0 amide bonds. The lowest BCUT2D eigenvalue weighted by Crippen LogP contribution is -2.57. The van der Waals surface area contributed by atoms with Crippen LogP contribution in [-0.4, -0.2) is 66.5 Å². The van der Waals surface area contributed by atoms with E-state index in [4.69, 9.17) is 4.74 Å². The topological polar surface area (TPSA) is 106 Å². The summed E-state index contributed by atoms with van der Waals surface area (Å²) in [6, 6.07) is 8.77. The first kappa shape index (κ1) is 24.0. The van der Waals surface area contributed by atoms with Gasteiger partial charge in [0.1, 0.15) is 5.75 Å². The summed E-state index contributed by atoms with van der Waals surface area (Å²) in [5, 5.41) is 13.0. The third-order valence-electron chi connectivity index (χ3n) is 6.54. The normalized spacial score (nSPS) is 24.4. The number of methoxy groups -OCH3 is 1. The van der Waals surface area contributed by atoms with Gasteiger partial charge in [-0.05, 0) is 63.3 Å². The second-order valence-electron chi connectivity index (χ2n) is 9.58. The van der Waals surface area contributed by atoms with Gasteiger partial charge < -0.3 is 10.1 Å². The summed E-state index contributed by atoms with van der Waals surface area (Å²) in [5.41, 5.74) is 1.44. The molecular formula is C22H34N4O4S. The van der Waals surface area contributed by atoms with Crippen molar-refractivity contribution in [1.29, 1.82) is 5.26 Å². The molecule has 0 radical (unpaired) electrons. The van der Waals surface area contributed by atoms with Crippen LogP contribution in [0.2, 0.25) is 0 Å². The van der Waals surface area contributed by atoms with Crippen molar-refractivity contribution in [3.05, 3.63) is 29.3 Å². The van der Waals surface area contributed by atoms with Crippen molar-refractivity contribution in [3.63, 3.8) is 0 Å². The molecule has 1 saturated heterocycles. The minimum absolute atomic E-state index is 0.137. The molecule has 2 aliphatic heterocycles. The quantitative estimate of drug-likeness (QED) is 0.615. The van der Waals surface area contributed by atoms with Gasteiger partial charge in [-0.2, -0.15) is 18.0 Å². The van der Waals surface area contributed by atoms with Crippen LogP contribution in [0.4, 0.5) is 0 Å². The van der Waals surface area contributed by atoms with E-state index in [1.807, 2.05) is 6.07 Å². The highest BCUT2D eigenvalue weighted by molar-refractivity contribution is 7.83. The largest absolute Gasteiger partial charge is 0.497 e. The lowest BCUT2D eigenvalue weighted by Gasteiger charge is -2.49. The Balaban J connectivity index is 1.77. The van der Waals surface area contributed by atoms with Gasteiger partial charge in [-0.3, -0.25) is 9.45 Å². The first-order chi connectivity index (χ1) is 14.5. The van der Waals surface area contributed by atoms with Crippen molar-refractivity contribution >= 4 is 10.3 Å². The van der Waals surface area contributed by atoms with E-state index in [9.17, 15) is 18.2 Å². The van der Waals surface area contributed by atoms with Gasteiger partial charge >= 0.3 is 10.3 Å². The van der Waals surface area contributed by atoms with Crippen molar-refractivity contribution in [2.24, 2.45) is 0 Å². The number of hydrogen-bond acceptors (Lipinski definition) is 6. The first-order valence-electron chi connectivity index (χ1n) is 10.8. The SMILES string of the molecule is COc1ccc2c(c1)CCN1CCC(CC#N)(NCCN(C(C)(C)C)S(=O)(=O)O)CC21. The molecule has 172 valence electrons. The van der Waals surface area contributed by atoms with E-state index in [0.29, 0.717) is 13.0 Å². The van der Waals surface area contributed by atoms with Gasteiger partial charge in [-0.25, -0.2) is 0 Å². The number of benzene rings is 1. The van der Waals surface area contributed by atoms with Crippen LogP contribution in [0.15, 0.2) is 18.2 Å². The molecule has 0 aliphatic carbocycles. The van der Waals surface area contributed by atoms with Gasteiger partial charge in [0, 0.05) is 43.3 Å². The van der Waals surface area contributed by atoms with Crippen LogP contribution >= 0.6 is 0 Å². The predicted octanol–water partition coefficient (Wildman–Crippen LogP) is 2.53. The molecule has 0 saturated carbocycles. The molecule has 1 aromatic rings. The van der Waals surface area contributed by atoms with E-state index < -0.39 is 21.4 Å². The van der Waals surface area contributed by atoms with Gasteiger partial charge in [0.25, 0.3) is 0 Å². The van der Waals surface area contributed by atoms with Crippen molar-refractivity contribution < 1.29 is 17.7 Å². The number of piperidine rings is 1. The summed E-state index contributed by atoms with van der Waals surface area (Å²) in [7, 11) is -2.64. The number of ether oxygens (including phenoxy) is 1. The second-order valence-corrected chi connectivity index (χ2v) is 10.9. The average molecular weight is 451 g/mol. The molecule has 1 aromatic carbocycles. The highest BCUT2D eigenvalue weighted by Crippen LogP contribution is 2.42. The van der Waals surface area contributed by atoms with E-state index in [2.05, 4.69) is 28.4 Å². The zero-order valence-electron chi connectivity index (χ0n) is 18.9. The highest BCUT2D eigenvalue weighted by Gasteiger charge is 2.42. The Hall–Kier alpha value is -1.70. The molecule has 2 unspecified atom stereocenters. The summed E-state index contributed by atoms with van der Waals surface area (Å²) in [4.78, 5) is 2.48. The van der Waals surface area contributed by atoms with Crippen molar-refractivity contribution in [3.8, 4) is 11.8 Å². The van der Waals surface area contributed by atoms with E-state index in [1.165, 1.54) is 11.1 Å². The Morgan fingerprint density at radius 2 is 2.13 bits per heavy atom. The molecule has 0 bridgehead atoms. The van der Waals surface area contributed by atoms with Crippen molar-refractivity contribution in [2.75, 3.05) is 33.3 Å². The van der Waals surface area contributed by atoms with Crippen LogP contribution in [0.3, 0.4) is 0 Å². The van der Waals surface area contributed by atoms with E-state index in [0.717, 1.165) is 42.4 Å². The maximum atomic E-state index is 11.8. The summed E-state index contributed by atoms with van der Waals surface area (Å²) >= 11 is 0. The summed E-state index contributed by atoms with van der Waals surface area (Å²) in [5.74, 6) is 0.858. The fraction of sp³-hybridized carbons (Fsp3) is 0.682. The molecule has 2 aliphatic rings. The summed E-state index contributed by atoms with van der Waals surface area (Å²) in [6.07, 6.45) is 2.94. The fourth-order valence-corrected chi connectivity index (χ4v) is 5.97. The standard InChI is InChI=1S/C22H34N4O4S/c1-21(2,3)26(31(27,28)29)14-11-24-22(8-10-23)9-13-25-12-7-17-15-18(30-4)5-6-19(17)20(25)16-22/h5-6,15,20,24H,7-9,11-14,16H2,1-4H3,(H,27,28,29). The first-order valence-corrected chi connectivity index (χ1v) is 12.2. The van der Waals surface area contributed by atoms with Gasteiger partial charge in [0.05, 0.1) is 19.6 Å². The maximum absolute atomic E-state index is 11.8. The van der Waals surface area contributed by atoms with Gasteiger partial charge in [-0.1, -0.05) is 6.07 Å². The zero-order chi connectivity index (χ0) is 22.9. The molecule has 2 heterocycles. The molecule has 2 atom stereocenters. The van der Waals surface area contributed by atoms with Crippen LogP contribution in [0.5, 0.6) is 5.75 Å². The minimum Gasteiger partial charge on any atom is -0.497 e. The lowest BCUT2D eigenvalue weighted by atomic mass is 9.76.